The van der Waals surface area contributed by atoms with E-state index in [-0.39, 0.29) is 11.9 Å². The third-order valence-electron chi connectivity index (χ3n) is 4.17. The maximum Gasteiger partial charge on any atom is 0.236 e. The highest BCUT2D eigenvalue weighted by molar-refractivity contribution is 7.80. The van der Waals surface area contributed by atoms with Gasteiger partial charge in [0, 0.05) is 12.6 Å². The van der Waals surface area contributed by atoms with Crippen molar-refractivity contribution in [2.45, 2.75) is 53.1 Å². The highest BCUT2D eigenvalue weighted by Crippen LogP contribution is 2.31. The second-order valence-electron chi connectivity index (χ2n) is 5.67. The van der Waals surface area contributed by atoms with Crippen molar-refractivity contribution in [2.75, 3.05) is 0 Å². The molecule has 2 N–H and O–H groups in total. The predicted molar refractivity (Wildman–Crippen MR) is 91.9 cm³/mol. The summed E-state index contributed by atoms with van der Waals surface area (Å²) in [7, 11) is 0. The summed E-state index contributed by atoms with van der Waals surface area (Å²) >= 11 is 5.20. The fourth-order valence-corrected chi connectivity index (χ4v) is 2.93. The first-order valence-electron chi connectivity index (χ1n) is 7.54. The molecule has 0 atom stereocenters. The fraction of sp³-hybridized carbons (Fsp3) is 0.529. The zero-order valence-electron chi connectivity index (χ0n) is 13.4. The Morgan fingerprint density at radius 2 is 1.76 bits per heavy atom. The van der Waals surface area contributed by atoms with Crippen molar-refractivity contribution in [2.24, 2.45) is 11.1 Å². The average Bonchev–Trinajstić information content (AvgIpc) is 2.47. The minimum absolute atomic E-state index is 0.0406. The van der Waals surface area contributed by atoms with Gasteiger partial charge in [0.05, 0.1) is 10.4 Å². The molecule has 0 aromatic heterocycles. The molecule has 1 aromatic rings. The highest BCUT2D eigenvalue weighted by atomic mass is 32.1. The zero-order chi connectivity index (χ0) is 16.0. The summed E-state index contributed by atoms with van der Waals surface area (Å²) in [5.41, 5.74) is 6.30. The smallest absolute Gasteiger partial charge is 0.236 e. The lowest BCUT2D eigenvalue weighted by Gasteiger charge is -2.37. The Balaban J connectivity index is 3.10. The molecule has 4 heteroatoms. The quantitative estimate of drug-likeness (QED) is 0.784. The predicted octanol–water partition coefficient (Wildman–Crippen LogP) is 3.52. The number of amides is 1. The number of thiocarbonyl (C=S) groups is 1. The number of hydrogen-bond donors (Lipinski definition) is 1. The van der Waals surface area contributed by atoms with Gasteiger partial charge in [-0.25, -0.2) is 0 Å². The van der Waals surface area contributed by atoms with Crippen LogP contribution in [0.1, 0.15) is 46.1 Å². The second-order valence-corrected chi connectivity index (χ2v) is 6.11. The highest BCUT2D eigenvalue weighted by Gasteiger charge is 2.41. The largest absolute Gasteiger partial charge is 0.392 e. The van der Waals surface area contributed by atoms with Gasteiger partial charge >= 0.3 is 0 Å². The molecule has 0 aliphatic carbocycles. The van der Waals surface area contributed by atoms with Crippen LogP contribution in [-0.2, 0) is 11.3 Å². The van der Waals surface area contributed by atoms with E-state index in [1.165, 1.54) is 0 Å². The normalized spacial score (nSPS) is 11.5. The van der Waals surface area contributed by atoms with E-state index in [0.717, 1.165) is 5.56 Å². The average molecular weight is 306 g/mol. The van der Waals surface area contributed by atoms with Crippen molar-refractivity contribution < 1.29 is 4.79 Å². The van der Waals surface area contributed by atoms with Crippen LogP contribution in [0.5, 0.6) is 0 Å². The molecule has 0 radical (unpaired) electrons. The van der Waals surface area contributed by atoms with Crippen LogP contribution in [0.25, 0.3) is 0 Å². The third-order valence-corrected chi connectivity index (χ3v) is 4.56. The Bertz CT molecular complexity index is 481. The van der Waals surface area contributed by atoms with Gasteiger partial charge in [0.25, 0.3) is 0 Å². The summed E-state index contributed by atoms with van der Waals surface area (Å²) in [5.74, 6) is 0.0406. The van der Waals surface area contributed by atoms with Crippen molar-refractivity contribution in [3.63, 3.8) is 0 Å². The molecule has 0 aliphatic heterocycles. The zero-order valence-corrected chi connectivity index (χ0v) is 14.2. The van der Waals surface area contributed by atoms with E-state index in [9.17, 15) is 4.79 Å². The summed E-state index contributed by atoms with van der Waals surface area (Å²) in [4.78, 5) is 15.3. The summed E-state index contributed by atoms with van der Waals surface area (Å²) in [6.45, 7) is 8.58. The third kappa shape index (κ3) is 3.82. The number of nitrogens with zero attached hydrogens (tertiary/aromatic N) is 1. The first-order chi connectivity index (χ1) is 9.89. The van der Waals surface area contributed by atoms with Crippen LogP contribution in [-0.4, -0.2) is 21.8 Å². The Kier molecular flexibility index (Phi) is 6.34. The minimum Gasteiger partial charge on any atom is -0.392 e. The second kappa shape index (κ2) is 7.55. The Morgan fingerprint density at radius 1 is 1.24 bits per heavy atom. The molecule has 0 unspecified atom stereocenters. The molecule has 3 nitrogen and oxygen atoms in total. The van der Waals surface area contributed by atoms with Gasteiger partial charge < -0.3 is 10.6 Å². The number of hydrogen-bond acceptors (Lipinski definition) is 2. The monoisotopic (exact) mass is 306 g/mol. The molecule has 0 aliphatic rings. The molecule has 0 saturated heterocycles. The molecule has 0 fully saturated rings. The maximum absolute atomic E-state index is 13.1. The summed E-state index contributed by atoms with van der Waals surface area (Å²) in [6, 6.07) is 10.1. The Hall–Kier alpha value is -1.42. The van der Waals surface area contributed by atoms with Gasteiger partial charge in [0.1, 0.15) is 0 Å². The van der Waals surface area contributed by atoms with Crippen LogP contribution in [0, 0.1) is 5.41 Å². The molecule has 0 heterocycles. The molecule has 116 valence electrons. The van der Waals surface area contributed by atoms with Gasteiger partial charge in [-0.1, -0.05) is 56.4 Å². The van der Waals surface area contributed by atoms with Gasteiger partial charge in [-0.05, 0) is 32.3 Å². The Morgan fingerprint density at radius 3 is 2.14 bits per heavy atom. The van der Waals surface area contributed by atoms with E-state index in [1.807, 2.05) is 62.9 Å². The molecule has 0 saturated carbocycles. The van der Waals surface area contributed by atoms with Gasteiger partial charge in [0.2, 0.25) is 5.91 Å². The lowest BCUT2D eigenvalue weighted by Crippen LogP contribution is -2.51. The molecule has 1 rings (SSSR count). The van der Waals surface area contributed by atoms with Crippen molar-refractivity contribution in [3.8, 4) is 0 Å². The van der Waals surface area contributed by atoms with E-state index in [4.69, 9.17) is 18.0 Å². The molecule has 1 amide bonds. The summed E-state index contributed by atoms with van der Waals surface area (Å²) < 4.78 is 0. The van der Waals surface area contributed by atoms with E-state index < -0.39 is 5.41 Å². The first-order valence-corrected chi connectivity index (χ1v) is 7.94. The molecule has 0 bridgehead atoms. The lowest BCUT2D eigenvalue weighted by atomic mass is 9.80. The van der Waals surface area contributed by atoms with Crippen molar-refractivity contribution in [1.29, 1.82) is 0 Å². The van der Waals surface area contributed by atoms with Crippen LogP contribution in [0.4, 0.5) is 0 Å². The van der Waals surface area contributed by atoms with Crippen molar-refractivity contribution in [3.05, 3.63) is 35.9 Å². The van der Waals surface area contributed by atoms with Crippen LogP contribution in [0.3, 0.4) is 0 Å². The molecule has 1 aromatic carbocycles. The fourth-order valence-electron chi connectivity index (χ4n) is 2.55. The number of benzene rings is 1. The Labute approximate surface area is 133 Å². The van der Waals surface area contributed by atoms with Gasteiger partial charge in [-0.2, -0.15) is 0 Å². The molecule has 21 heavy (non-hydrogen) atoms. The number of rotatable bonds is 7. The standard InChI is InChI=1S/C17H26N2OS/c1-5-17(6-2,15(18)21)16(20)19(13(3)4)12-14-10-8-7-9-11-14/h7-11,13H,5-6,12H2,1-4H3,(H2,18,21). The van der Waals surface area contributed by atoms with Crippen LogP contribution in [0.2, 0.25) is 0 Å². The maximum atomic E-state index is 13.1. The van der Waals surface area contributed by atoms with Crippen molar-refractivity contribution in [1.82, 2.24) is 4.90 Å². The van der Waals surface area contributed by atoms with E-state index in [2.05, 4.69) is 0 Å². The van der Waals surface area contributed by atoms with E-state index >= 15 is 0 Å². The molecular weight excluding hydrogens is 280 g/mol. The van der Waals surface area contributed by atoms with E-state index in [1.54, 1.807) is 0 Å². The number of carbonyl (C=O) groups is 1. The topological polar surface area (TPSA) is 46.3 Å². The van der Waals surface area contributed by atoms with Crippen LogP contribution >= 0.6 is 12.2 Å². The molecule has 0 spiro atoms. The molecular formula is C17H26N2OS. The summed E-state index contributed by atoms with van der Waals surface area (Å²) in [6.07, 6.45) is 1.27. The van der Waals surface area contributed by atoms with Crippen LogP contribution < -0.4 is 5.73 Å². The van der Waals surface area contributed by atoms with E-state index in [0.29, 0.717) is 24.4 Å². The first kappa shape index (κ1) is 17.6. The SMILES string of the molecule is CCC(CC)(C(=O)N(Cc1ccccc1)C(C)C)C(N)=S. The summed E-state index contributed by atoms with van der Waals surface area (Å²) in [5, 5.41) is 0. The van der Waals surface area contributed by atoms with Gasteiger partial charge in [-0.15, -0.1) is 0 Å². The van der Waals surface area contributed by atoms with Crippen molar-refractivity contribution >= 4 is 23.1 Å². The van der Waals surface area contributed by atoms with Gasteiger partial charge in [-0.3, -0.25) is 4.79 Å². The minimum atomic E-state index is -0.728. The number of carbonyl (C=O) groups excluding carboxylic acids is 1. The number of nitrogens with two attached hydrogens (primary N) is 1. The lowest BCUT2D eigenvalue weighted by molar-refractivity contribution is -0.141. The van der Waals surface area contributed by atoms with Gasteiger partial charge in [0.15, 0.2) is 0 Å². The van der Waals surface area contributed by atoms with Crippen LogP contribution in [0.15, 0.2) is 30.3 Å².